The highest BCUT2D eigenvalue weighted by atomic mass is 19.4. The number of unbranched alkanes of at least 4 members (excludes halogenated alkanes) is 1. The van der Waals surface area contributed by atoms with Crippen LogP contribution in [0.15, 0.2) is 0 Å². The summed E-state index contributed by atoms with van der Waals surface area (Å²) >= 11 is 0. The molecule has 1 aliphatic rings. The number of aliphatic hydroxyl groups excluding tert-OH is 1. The van der Waals surface area contributed by atoms with Gasteiger partial charge in [-0.2, -0.15) is 13.2 Å². The molecule has 6 heteroatoms. The van der Waals surface area contributed by atoms with Gasteiger partial charge in [-0.3, -0.25) is 4.90 Å². The molecule has 1 fully saturated rings. The molecule has 114 valence electrons. The predicted octanol–water partition coefficient (Wildman–Crippen LogP) is 2.15. The summed E-state index contributed by atoms with van der Waals surface area (Å²) in [6.07, 6.45) is 0.517. The first-order valence-electron chi connectivity index (χ1n) is 6.88. The summed E-state index contributed by atoms with van der Waals surface area (Å²) in [5, 5.41) is 12.8. The fraction of sp³-hybridized carbons (Fsp3) is 1.00. The molecule has 1 atom stereocenters. The van der Waals surface area contributed by atoms with Crippen molar-refractivity contribution in [2.24, 2.45) is 0 Å². The summed E-state index contributed by atoms with van der Waals surface area (Å²) in [6, 6.07) is 0.519. The fourth-order valence-corrected chi connectivity index (χ4v) is 2.20. The third-order valence-corrected chi connectivity index (χ3v) is 3.45. The number of hydrogen-bond donors (Lipinski definition) is 2. The molecule has 0 amide bonds. The number of rotatable bonds is 9. The van der Waals surface area contributed by atoms with E-state index in [0.717, 1.165) is 25.7 Å². The Hall–Kier alpha value is -0.330. The van der Waals surface area contributed by atoms with Gasteiger partial charge in [0.15, 0.2) is 0 Å². The molecule has 1 saturated carbocycles. The highest BCUT2D eigenvalue weighted by molar-refractivity contribution is 4.92. The largest absolute Gasteiger partial charge is 0.401 e. The number of nitrogens with one attached hydrogen (secondary N) is 1. The molecule has 0 aliphatic heterocycles. The van der Waals surface area contributed by atoms with Gasteiger partial charge in [-0.25, -0.2) is 0 Å². The van der Waals surface area contributed by atoms with E-state index in [-0.39, 0.29) is 12.1 Å². The summed E-state index contributed by atoms with van der Waals surface area (Å²) in [5.41, 5.74) is -0.288. The standard InChI is InChI=1S/C13H25F3N2O/c1-12(10-19,17-11-5-6-11)7-3-4-8-18(2)9-13(14,15)16/h11,17,19H,3-10H2,1-2H3. The van der Waals surface area contributed by atoms with Gasteiger partial charge in [-0.15, -0.1) is 0 Å². The highest BCUT2D eigenvalue weighted by Gasteiger charge is 2.32. The van der Waals surface area contributed by atoms with E-state index in [4.69, 9.17) is 0 Å². The van der Waals surface area contributed by atoms with Crippen LogP contribution in [0, 0.1) is 0 Å². The van der Waals surface area contributed by atoms with Crippen molar-refractivity contribution < 1.29 is 18.3 Å². The lowest BCUT2D eigenvalue weighted by atomic mass is 9.95. The maximum atomic E-state index is 12.1. The summed E-state index contributed by atoms with van der Waals surface area (Å²) in [6.45, 7) is 1.63. The normalized spacial score (nSPS) is 19.7. The molecule has 0 radical (unpaired) electrons. The van der Waals surface area contributed by atoms with Crippen LogP contribution in [-0.2, 0) is 0 Å². The van der Waals surface area contributed by atoms with Crippen LogP contribution in [0.25, 0.3) is 0 Å². The fourth-order valence-electron chi connectivity index (χ4n) is 2.20. The third kappa shape index (κ3) is 7.74. The first kappa shape index (κ1) is 16.7. The summed E-state index contributed by atoms with van der Waals surface area (Å²) < 4.78 is 36.4. The van der Waals surface area contributed by atoms with E-state index < -0.39 is 12.7 Å². The van der Waals surface area contributed by atoms with Crippen LogP contribution in [0.2, 0.25) is 0 Å². The Labute approximate surface area is 113 Å². The molecule has 2 N–H and O–H groups in total. The maximum Gasteiger partial charge on any atom is 0.401 e. The predicted molar refractivity (Wildman–Crippen MR) is 69.1 cm³/mol. The zero-order valence-electron chi connectivity index (χ0n) is 11.8. The van der Waals surface area contributed by atoms with Crippen molar-refractivity contribution in [3.05, 3.63) is 0 Å². The molecule has 0 saturated heterocycles. The zero-order chi connectivity index (χ0) is 14.5. The van der Waals surface area contributed by atoms with Crippen LogP contribution in [0.3, 0.4) is 0 Å². The lowest BCUT2D eigenvalue weighted by Crippen LogP contribution is -2.47. The molecule has 1 rings (SSSR count). The SMILES string of the molecule is CN(CCCCC(C)(CO)NC1CC1)CC(F)(F)F. The molecule has 0 spiro atoms. The summed E-state index contributed by atoms with van der Waals surface area (Å²) in [7, 11) is 1.49. The smallest absolute Gasteiger partial charge is 0.394 e. The number of halogens is 3. The van der Waals surface area contributed by atoms with E-state index in [1.165, 1.54) is 11.9 Å². The minimum atomic E-state index is -4.12. The number of hydrogen-bond acceptors (Lipinski definition) is 3. The van der Waals surface area contributed by atoms with Crippen molar-refractivity contribution in [2.75, 3.05) is 26.7 Å². The Morgan fingerprint density at radius 1 is 1.26 bits per heavy atom. The average molecular weight is 282 g/mol. The van der Waals surface area contributed by atoms with Crippen LogP contribution in [-0.4, -0.2) is 54.5 Å². The molecule has 19 heavy (non-hydrogen) atoms. The molecular weight excluding hydrogens is 257 g/mol. The first-order valence-corrected chi connectivity index (χ1v) is 6.88. The van der Waals surface area contributed by atoms with Crippen LogP contribution in [0.4, 0.5) is 13.2 Å². The molecule has 0 bridgehead atoms. The minimum absolute atomic E-state index is 0.0713. The molecule has 0 heterocycles. The molecule has 0 aromatic rings. The third-order valence-electron chi connectivity index (χ3n) is 3.45. The number of alkyl halides is 3. The molecule has 1 unspecified atom stereocenters. The molecule has 1 aliphatic carbocycles. The lowest BCUT2D eigenvalue weighted by molar-refractivity contribution is -0.143. The molecule has 0 aromatic carbocycles. The van der Waals surface area contributed by atoms with Gasteiger partial charge in [0.05, 0.1) is 13.2 Å². The summed E-state index contributed by atoms with van der Waals surface area (Å²) in [5.74, 6) is 0. The Balaban J connectivity index is 2.14. The van der Waals surface area contributed by atoms with Crippen LogP contribution in [0.1, 0.15) is 39.0 Å². The van der Waals surface area contributed by atoms with E-state index in [1.54, 1.807) is 0 Å². The van der Waals surface area contributed by atoms with Gasteiger partial charge < -0.3 is 10.4 Å². The van der Waals surface area contributed by atoms with Gasteiger partial charge in [0.2, 0.25) is 0 Å². The maximum absolute atomic E-state index is 12.1. The van der Waals surface area contributed by atoms with Gasteiger partial charge >= 0.3 is 6.18 Å². The molecular formula is C13H25F3N2O. The second-order valence-electron chi connectivity index (χ2n) is 5.95. The highest BCUT2D eigenvalue weighted by Crippen LogP contribution is 2.25. The van der Waals surface area contributed by atoms with Gasteiger partial charge in [-0.1, -0.05) is 6.42 Å². The zero-order valence-corrected chi connectivity index (χ0v) is 11.8. The Kier molecular flexibility index (Phi) is 6.08. The van der Waals surface area contributed by atoms with E-state index in [1.807, 2.05) is 6.92 Å². The van der Waals surface area contributed by atoms with Crippen LogP contribution < -0.4 is 5.32 Å². The van der Waals surface area contributed by atoms with E-state index in [0.29, 0.717) is 19.0 Å². The van der Waals surface area contributed by atoms with Crippen LogP contribution >= 0.6 is 0 Å². The van der Waals surface area contributed by atoms with E-state index in [9.17, 15) is 18.3 Å². The van der Waals surface area contributed by atoms with Gasteiger partial charge in [0.25, 0.3) is 0 Å². The number of nitrogens with zero attached hydrogens (tertiary/aromatic N) is 1. The van der Waals surface area contributed by atoms with Gasteiger partial charge in [-0.05, 0) is 46.2 Å². The Morgan fingerprint density at radius 3 is 2.37 bits per heavy atom. The summed E-state index contributed by atoms with van der Waals surface area (Å²) in [4.78, 5) is 1.30. The first-order chi connectivity index (χ1) is 8.74. The van der Waals surface area contributed by atoms with Crippen molar-refractivity contribution in [3.63, 3.8) is 0 Å². The Bertz CT molecular complexity index is 269. The van der Waals surface area contributed by atoms with Crippen LogP contribution in [0.5, 0.6) is 0 Å². The minimum Gasteiger partial charge on any atom is -0.394 e. The van der Waals surface area contributed by atoms with E-state index >= 15 is 0 Å². The van der Waals surface area contributed by atoms with Crippen molar-refractivity contribution in [2.45, 2.75) is 56.8 Å². The topological polar surface area (TPSA) is 35.5 Å². The van der Waals surface area contributed by atoms with Crippen molar-refractivity contribution in [1.29, 1.82) is 0 Å². The van der Waals surface area contributed by atoms with Gasteiger partial charge in [0.1, 0.15) is 0 Å². The van der Waals surface area contributed by atoms with Crippen molar-refractivity contribution in [3.8, 4) is 0 Å². The quantitative estimate of drug-likeness (QED) is 0.636. The second-order valence-corrected chi connectivity index (χ2v) is 5.95. The van der Waals surface area contributed by atoms with Crippen molar-refractivity contribution in [1.82, 2.24) is 10.2 Å². The molecule has 0 aromatic heterocycles. The average Bonchev–Trinajstić information content (AvgIpc) is 3.06. The molecule has 3 nitrogen and oxygen atoms in total. The second kappa shape index (κ2) is 6.90. The van der Waals surface area contributed by atoms with Crippen molar-refractivity contribution >= 4 is 0 Å². The van der Waals surface area contributed by atoms with Gasteiger partial charge in [0, 0.05) is 11.6 Å². The number of aliphatic hydroxyl groups is 1. The Morgan fingerprint density at radius 2 is 1.89 bits per heavy atom. The lowest BCUT2D eigenvalue weighted by Gasteiger charge is -2.29. The van der Waals surface area contributed by atoms with E-state index in [2.05, 4.69) is 5.32 Å². The monoisotopic (exact) mass is 282 g/mol.